The van der Waals surface area contributed by atoms with E-state index in [0.717, 1.165) is 24.4 Å². The lowest BCUT2D eigenvalue weighted by molar-refractivity contribution is 0.462. The maximum atomic E-state index is 5.71. The highest BCUT2D eigenvalue weighted by molar-refractivity contribution is 7.80. The quantitative estimate of drug-likeness (QED) is 0.827. The highest BCUT2D eigenvalue weighted by atomic mass is 32.1. The van der Waals surface area contributed by atoms with Crippen LogP contribution in [0.2, 0.25) is 0 Å². The Balaban J connectivity index is 2.08. The third-order valence-electron chi connectivity index (χ3n) is 2.56. The maximum Gasteiger partial charge on any atom is 0.232 e. The van der Waals surface area contributed by atoms with Crippen molar-refractivity contribution >= 4 is 23.3 Å². The number of hydrogen-bond donors (Lipinski definition) is 2. The average molecular weight is 302 g/mol. The zero-order valence-corrected chi connectivity index (χ0v) is 12.9. The summed E-state index contributed by atoms with van der Waals surface area (Å²) >= 11 is 5.17. The number of anilines is 1. The van der Waals surface area contributed by atoms with E-state index in [0.29, 0.717) is 16.9 Å². The van der Waals surface area contributed by atoms with Gasteiger partial charge in [0, 0.05) is 18.3 Å². The van der Waals surface area contributed by atoms with Crippen molar-refractivity contribution in [3.63, 3.8) is 0 Å². The van der Waals surface area contributed by atoms with E-state index in [-0.39, 0.29) is 0 Å². The molecular formula is C15H18N4OS. The Bertz CT molecular complexity index is 604. The van der Waals surface area contributed by atoms with Crippen LogP contribution in [0.4, 0.5) is 5.95 Å². The van der Waals surface area contributed by atoms with Crippen LogP contribution in [0, 0.1) is 6.92 Å². The van der Waals surface area contributed by atoms with Crippen LogP contribution in [-0.4, -0.2) is 21.6 Å². The second-order valence-corrected chi connectivity index (χ2v) is 4.88. The zero-order valence-electron chi connectivity index (χ0n) is 12.1. The number of para-hydroxylation sites is 1. The van der Waals surface area contributed by atoms with Crippen molar-refractivity contribution in [3.05, 3.63) is 42.1 Å². The second kappa shape index (κ2) is 7.54. The number of nitrogens with zero attached hydrogens (tertiary/aromatic N) is 2. The van der Waals surface area contributed by atoms with Gasteiger partial charge in [0.1, 0.15) is 5.75 Å². The topological polar surface area (TPSA) is 59.1 Å². The van der Waals surface area contributed by atoms with Crippen molar-refractivity contribution in [1.82, 2.24) is 15.3 Å². The molecule has 0 saturated carbocycles. The van der Waals surface area contributed by atoms with E-state index in [4.69, 9.17) is 17.0 Å². The van der Waals surface area contributed by atoms with Crippen LogP contribution in [0.5, 0.6) is 11.6 Å². The predicted molar refractivity (Wildman–Crippen MR) is 87.8 cm³/mol. The van der Waals surface area contributed by atoms with Gasteiger partial charge in [0.05, 0.1) is 0 Å². The maximum absolute atomic E-state index is 5.71. The fraction of sp³-hybridized carbons (Fsp3) is 0.267. The van der Waals surface area contributed by atoms with E-state index in [1.807, 2.05) is 37.3 Å². The van der Waals surface area contributed by atoms with E-state index < -0.39 is 0 Å². The molecule has 5 nitrogen and oxygen atoms in total. The van der Waals surface area contributed by atoms with Gasteiger partial charge in [-0.15, -0.1) is 0 Å². The van der Waals surface area contributed by atoms with Crippen molar-refractivity contribution < 1.29 is 4.74 Å². The summed E-state index contributed by atoms with van der Waals surface area (Å²) in [6.07, 6.45) is 0.999. The molecule has 2 N–H and O–H groups in total. The monoisotopic (exact) mass is 302 g/mol. The number of aromatic nitrogens is 2. The number of ether oxygens (including phenoxy) is 1. The van der Waals surface area contributed by atoms with Gasteiger partial charge in [0.15, 0.2) is 5.11 Å². The van der Waals surface area contributed by atoms with Crippen molar-refractivity contribution in [2.75, 3.05) is 11.9 Å². The molecule has 1 aromatic heterocycles. The highest BCUT2D eigenvalue weighted by Gasteiger charge is 2.06. The molecule has 1 heterocycles. The summed E-state index contributed by atoms with van der Waals surface area (Å²) in [7, 11) is 0. The molecule has 0 fully saturated rings. The molecule has 2 rings (SSSR count). The molecule has 0 radical (unpaired) electrons. The fourth-order valence-electron chi connectivity index (χ4n) is 1.64. The van der Waals surface area contributed by atoms with Gasteiger partial charge in [-0.05, 0) is 37.7 Å². The average Bonchev–Trinajstić information content (AvgIpc) is 2.45. The van der Waals surface area contributed by atoms with Crippen molar-refractivity contribution in [2.45, 2.75) is 20.3 Å². The van der Waals surface area contributed by atoms with Crippen LogP contribution in [0.3, 0.4) is 0 Å². The van der Waals surface area contributed by atoms with Crippen molar-refractivity contribution in [2.24, 2.45) is 0 Å². The highest BCUT2D eigenvalue weighted by Crippen LogP contribution is 2.20. The summed E-state index contributed by atoms with van der Waals surface area (Å²) < 4.78 is 5.71. The van der Waals surface area contributed by atoms with Crippen LogP contribution in [-0.2, 0) is 0 Å². The standard InChI is InChI=1S/C15H18N4OS/c1-3-9-16-15(21)19-14-17-11(2)10-13(18-14)20-12-7-5-4-6-8-12/h4-8,10H,3,9H2,1-2H3,(H2,16,17,18,19,21). The van der Waals surface area contributed by atoms with Gasteiger partial charge < -0.3 is 15.4 Å². The first-order chi connectivity index (χ1) is 10.2. The number of aryl methyl sites for hydroxylation is 1. The van der Waals surface area contributed by atoms with Gasteiger partial charge >= 0.3 is 0 Å². The Morgan fingerprint density at radius 1 is 1.24 bits per heavy atom. The Morgan fingerprint density at radius 2 is 2.00 bits per heavy atom. The van der Waals surface area contributed by atoms with Crippen LogP contribution in [0.1, 0.15) is 19.0 Å². The molecule has 0 unspecified atom stereocenters. The first kappa shape index (κ1) is 15.2. The molecule has 2 aromatic rings. The van der Waals surface area contributed by atoms with Gasteiger partial charge in [0.25, 0.3) is 0 Å². The normalized spacial score (nSPS) is 10.0. The Kier molecular flexibility index (Phi) is 5.45. The third-order valence-corrected chi connectivity index (χ3v) is 2.80. The lowest BCUT2D eigenvalue weighted by Gasteiger charge is -2.10. The molecule has 0 atom stereocenters. The summed E-state index contributed by atoms with van der Waals surface area (Å²) in [5, 5.41) is 6.54. The van der Waals surface area contributed by atoms with Crippen LogP contribution in [0.15, 0.2) is 36.4 Å². The Labute approximate surface area is 129 Å². The molecule has 0 aliphatic heterocycles. The van der Waals surface area contributed by atoms with Gasteiger partial charge in [0.2, 0.25) is 11.8 Å². The predicted octanol–water partition coefficient (Wildman–Crippen LogP) is 3.27. The summed E-state index contributed by atoms with van der Waals surface area (Å²) in [6, 6.07) is 11.3. The molecule has 0 saturated heterocycles. The molecular weight excluding hydrogens is 284 g/mol. The molecule has 0 aliphatic carbocycles. The minimum Gasteiger partial charge on any atom is -0.439 e. The molecule has 1 aromatic carbocycles. The SMILES string of the molecule is CCCNC(=S)Nc1nc(C)cc(Oc2ccccc2)n1. The fourth-order valence-corrected chi connectivity index (χ4v) is 1.83. The van der Waals surface area contributed by atoms with Gasteiger partial charge in [-0.1, -0.05) is 25.1 Å². The molecule has 110 valence electrons. The summed E-state index contributed by atoms with van der Waals surface area (Å²) in [5.74, 6) is 1.64. The first-order valence-electron chi connectivity index (χ1n) is 6.81. The number of hydrogen-bond acceptors (Lipinski definition) is 4. The Morgan fingerprint density at radius 3 is 2.71 bits per heavy atom. The van der Waals surface area contributed by atoms with Crippen molar-refractivity contribution in [1.29, 1.82) is 0 Å². The van der Waals surface area contributed by atoms with E-state index in [2.05, 4.69) is 27.5 Å². The van der Waals surface area contributed by atoms with Gasteiger partial charge in [-0.3, -0.25) is 0 Å². The van der Waals surface area contributed by atoms with Gasteiger partial charge in [-0.25, -0.2) is 4.98 Å². The molecule has 0 bridgehead atoms. The lowest BCUT2D eigenvalue weighted by Crippen LogP contribution is -2.29. The second-order valence-electron chi connectivity index (χ2n) is 4.47. The Hall–Kier alpha value is -2.21. The largest absolute Gasteiger partial charge is 0.439 e. The van der Waals surface area contributed by atoms with E-state index in [1.165, 1.54) is 0 Å². The number of benzene rings is 1. The minimum absolute atomic E-state index is 0.425. The molecule has 0 amide bonds. The first-order valence-corrected chi connectivity index (χ1v) is 7.21. The number of nitrogens with one attached hydrogen (secondary N) is 2. The smallest absolute Gasteiger partial charge is 0.232 e. The van der Waals surface area contributed by atoms with Crippen LogP contribution >= 0.6 is 12.2 Å². The molecule has 0 aliphatic rings. The number of thiocarbonyl (C=S) groups is 1. The number of rotatable bonds is 5. The molecule has 21 heavy (non-hydrogen) atoms. The summed E-state index contributed by atoms with van der Waals surface area (Å²) in [4.78, 5) is 8.60. The summed E-state index contributed by atoms with van der Waals surface area (Å²) in [5.41, 5.74) is 0.803. The third kappa shape index (κ3) is 5.00. The van der Waals surface area contributed by atoms with E-state index in [9.17, 15) is 0 Å². The van der Waals surface area contributed by atoms with Crippen LogP contribution < -0.4 is 15.4 Å². The van der Waals surface area contributed by atoms with Crippen LogP contribution in [0.25, 0.3) is 0 Å². The molecule has 6 heteroatoms. The van der Waals surface area contributed by atoms with Gasteiger partial charge in [-0.2, -0.15) is 4.98 Å². The lowest BCUT2D eigenvalue weighted by atomic mass is 10.3. The minimum atomic E-state index is 0.425. The van der Waals surface area contributed by atoms with E-state index >= 15 is 0 Å². The van der Waals surface area contributed by atoms with Crippen molar-refractivity contribution in [3.8, 4) is 11.6 Å². The zero-order chi connectivity index (χ0) is 15.1. The molecule has 0 spiro atoms. The van der Waals surface area contributed by atoms with E-state index in [1.54, 1.807) is 6.07 Å². The summed E-state index contributed by atoms with van der Waals surface area (Å²) in [6.45, 7) is 4.77.